The molecule has 1 amide bonds. The summed E-state index contributed by atoms with van der Waals surface area (Å²) in [7, 11) is 0. The zero-order chi connectivity index (χ0) is 27.2. The summed E-state index contributed by atoms with van der Waals surface area (Å²) in [5, 5.41) is 20.2. The number of hydrogen-bond acceptors (Lipinski definition) is 8. The van der Waals surface area contributed by atoms with Crippen LogP contribution in [0.5, 0.6) is 5.75 Å². The van der Waals surface area contributed by atoms with E-state index in [0.717, 1.165) is 18.4 Å². The van der Waals surface area contributed by atoms with Crippen molar-refractivity contribution in [3.8, 4) is 5.75 Å². The van der Waals surface area contributed by atoms with Gasteiger partial charge in [0.2, 0.25) is 5.13 Å². The molecular weight excluding hydrogens is 530 g/mol. The molecule has 1 N–H and O–H groups in total. The van der Waals surface area contributed by atoms with Crippen molar-refractivity contribution in [1.82, 2.24) is 10.2 Å². The number of carbonyl (C=O) groups excluding carboxylic acids is 2. The van der Waals surface area contributed by atoms with Gasteiger partial charge in [-0.25, -0.2) is 0 Å². The van der Waals surface area contributed by atoms with Crippen LogP contribution in [0.25, 0.3) is 5.76 Å². The van der Waals surface area contributed by atoms with E-state index < -0.39 is 17.7 Å². The molecule has 0 saturated carbocycles. The van der Waals surface area contributed by atoms with E-state index in [9.17, 15) is 14.7 Å². The zero-order valence-corrected chi connectivity index (χ0v) is 23.0. The van der Waals surface area contributed by atoms with Crippen molar-refractivity contribution in [3.05, 3.63) is 107 Å². The molecule has 0 spiro atoms. The monoisotopic (exact) mass is 557 g/mol. The predicted octanol–water partition coefficient (Wildman–Crippen LogP) is 6.64. The lowest BCUT2D eigenvalue weighted by Gasteiger charge is -2.22. The summed E-state index contributed by atoms with van der Waals surface area (Å²) in [5.74, 6) is -0.379. The van der Waals surface area contributed by atoms with E-state index >= 15 is 0 Å². The Balaban J connectivity index is 1.47. The van der Waals surface area contributed by atoms with Gasteiger partial charge in [0.15, 0.2) is 4.34 Å². The van der Waals surface area contributed by atoms with E-state index in [2.05, 4.69) is 17.1 Å². The number of nitrogens with zero attached hydrogens (tertiary/aromatic N) is 3. The van der Waals surface area contributed by atoms with Crippen LogP contribution in [0.2, 0.25) is 0 Å². The number of aliphatic hydroxyl groups excluding tert-OH is 1. The average Bonchev–Trinajstić information content (AvgIpc) is 3.55. The van der Waals surface area contributed by atoms with Crippen LogP contribution >= 0.6 is 23.1 Å². The summed E-state index contributed by atoms with van der Waals surface area (Å²) < 4.78 is 6.40. The molecule has 0 radical (unpaired) electrons. The largest absolute Gasteiger partial charge is 0.507 e. The highest BCUT2D eigenvalue weighted by molar-refractivity contribution is 8.00. The van der Waals surface area contributed by atoms with Crippen LogP contribution in [-0.4, -0.2) is 33.6 Å². The number of aromatic nitrogens is 2. The Hall–Kier alpha value is -3.95. The van der Waals surface area contributed by atoms with Crippen LogP contribution in [0, 0.1) is 0 Å². The predicted molar refractivity (Wildman–Crippen MR) is 154 cm³/mol. The van der Waals surface area contributed by atoms with Crippen LogP contribution < -0.4 is 9.64 Å². The summed E-state index contributed by atoms with van der Waals surface area (Å²) in [6.07, 6.45) is 1.97. The first-order valence-electron chi connectivity index (χ1n) is 12.7. The number of rotatable bonds is 10. The van der Waals surface area contributed by atoms with Crippen LogP contribution in [0.3, 0.4) is 0 Å². The molecule has 1 atom stereocenters. The number of anilines is 1. The van der Waals surface area contributed by atoms with Gasteiger partial charge in [-0.1, -0.05) is 97.1 Å². The van der Waals surface area contributed by atoms with E-state index in [1.165, 1.54) is 28.0 Å². The lowest BCUT2D eigenvalue weighted by molar-refractivity contribution is -0.132. The minimum absolute atomic E-state index is 0.0135. The quantitative estimate of drug-likeness (QED) is 0.0584. The van der Waals surface area contributed by atoms with E-state index in [1.54, 1.807) is 24.3 Å². The summed E-state index contributed by atoms with van der Waals surface area (Å²) in [5.41, 5.74) is 2.27. The second-order valence-electron chi connectivity index (χ2n) is 8.93. The Morgan fingerprint density at radius 3 is 2.36 bits per heavy atom. The number of ether oxygens (including phenoxy) is 1. The number of thioether (sulfide) groups is 1. The summed E-state index contributed by atoms with van der Waals surface area (Å²) in [6.45, 7) is 2.70. The van der Waals surface area contributed by atoms with E-state index in [0.29, 0.717) is 38.7 Å². The number of amides is 1. The number of aliphatic hydroxyl groups is 1. The van der Waals surface area contributed by atoms with Crippen molar-refractivity contribution in [2.75, 3.05) is 11.5 Å². The SMILES string of the molecule is CCCCOc1ccc(/C(O)=C2/C(=O)C(=O)N(c3nnc(SCc4ccccc4)s3)C2c2ccccc2)cc1. The van der Waals surface area contributed by atoms with Gasteiger partial charge in [-0.15, -0.1) is 10.2 Å². The summed E-state index contributed by atoms with van der Waals surface area (Å²) >= 11 is 2.76. The molecular formula is C30H27N3O4S2. The van der Waals surface area contributed by atoms with Crippen molar-refractivity contribution in [2.24, 2.45) is 0 Å². The van der Waals surface area contributed by atoms with Crippen molar-refractivity contribution in [2.45, 2.75) is 35.9 Å². The fourth-order valence-corrected chi connectivity index (χ4v) is 6.08. The normalized spacial score (nSPS) is 16.5. The molecule has 1 aliphatic heterocycles. The molecule has 1 aromatic heterocycles. The van der Waals surface area contributed by atoms with E-state index in [1.807, 2.05) is 60.7 Å². The Morgan fingerprint density at radius 1 is 0.974 bits per heavy atom. The first-order valence-corrected chi connectivity index (χ1v) is 14.5. The first-order chi connectivity index (χ1) is 19.1. The molecule has 1 fully saturated rings. The standard InChI is InChI=1S/C30H27N3O4S2/c1-2-3-18-37-23-16-14-22(15-17-23)26(34)24-25(21-12-8-5-9-13-21)33(28(36)27(24)35)29-31-32-30(39-29)38-19-20-10-6-4-7-11-20/h4-17,25,34H,2-3,18-19H2,1H3/b26-24-. The zero-order valence-electron chi connectivity index (χ0n) is 21.3. The number of hydrogen-bond donors (Lipinski definition) is 1. The highest BCUT2D eigenvalue weighted by atomic mass is 32.2. The molecule has 4 aromatic rings. The van der Waals surface area contributed by atoms with Gasteiger partial charge in [-0.2, -0.15) is 0 Å². The number of benzene rings is 3. The van der Waals surface area contributed by atoms with Crippen LogP contribution in [0.4, 0.5) is 5.13 Å². The van der Waals surface area contributed by atoms with Crippen molar-refractivity contribution < 1.29 is 19.4 Å². The van der Waals surface area contributed by atoms with Gasteiger partial charge in [0.05, 0.1) is 18.2 Å². The molecule has 39 heavy (non-hydrogen) atoms. The molecule has 1 unspecified atom stereocenters. The topological polar surface area (TPSA) is 92.6 Å². The second kappa shape index (κ2) is 12.3. The number of unbranched alkanes of at least 4 members (excludes halogenated alkanes) is 1. The second-order valence-corrected chi connectivity index (χ2v) is 11.1. The van der Waals surface area contributed by atoms with Crippen LogP contribution in [0.15, 0.2) is 94.8 Å². The molecule has 1 saturated heterocycles. The van der Waals surface area contributed by atoms with Gasteiger partial charge < -0.3 is 9.84 Å². The number of Topliss-reactive ketones (excluding diaryl/α,β-unsaturated/α-hetero) is 1. The molecule has 198 valence electrons. The van der Waals surface area contributed by atoms with Gasteiger partial charge in [-0.05, 0) is 41.8 Å². The fraction of sp³-hybridized carbons (Fsp3) is 0.200. The number of carbonyl (C=O) groups is 2. The Kier molecular flexibility index (Phi) is 8.39. The molecule has 9 heteroatoms. The lowest BCUT2D eigenvalue weighted by Crippen LogP contribution is -2.29. The van der Waals surface area contributed by atoms with Gasteiger partial charge >= 0.3 is 5.91 Å². The molecule has 7 nitrogen and oxygen atoms in total. The first kappa shape index (κ1) is 26.6. The van der Waals surface area contributed by atoms with Gasteiger partial charge in [0.25, 0.3) is 5.78 Å². The van der Waals surface area contributed by atoms with Gasteiger partial charge in [-0.3, -0.25) is 14.5 Å². The molecule has 3 aromatic carbocycles. The molecule has 0 bridgehead atoms. The van der Waals surface area contributed by atoms with Crippen molar-refractivity contribution >= 4 is 45.7 Å². The highest BCUT2D eigenvalue weighted by Gasteiger charge is 2.48. The van der Waals surface area contributed by atoms with Crippen LogP contribution in [-0.2, 0) is 15.3 Å². The van der Waals surface area contributed by atoms with Gasteiger partial charge in [0, 0.05) is 11.3 Å². The smallest absolute Gasteiger partial charge is 0.301 e. The van der Waals surface area contributed by atoms with Gasteiger partial charge in [0.1, 0.15) is 11.5 Å². The third-order valence-electron chi connectivity index (χ3n) is 6.26. The molecule has 0 aliphatic carbocycles. The minimum atomic E-state index is -0.841. The lowest BCUT2D eigenvalue weighted by atomic mass is 9.95. The highest BCUT2D eigenvalue weighted by Crippen LogP contribution is 2.44. The van der Waals surface area contributed by atoms with Crippen molar-refractivity contribution in [3.63, 3.8) is 0 Å². The third kappa shape index (κ3) is 5.89. The van der Waals surface area contributed by atoms with E-state index in [-0.39, 0.29) is 11.3 Å². The minimum Gasteiger partial charge on any atom is -0.507 e. The summed E-state index contributed by atoms with van der Waals surface area (Å²) in [6, 6.07) is 25.2. The number of ketones is 1. The summed E-state index contributed by atoms with van der Waals surface area (Å²) in [4.78, 5) is 28.1. The Morgan fingerprint density at radius 2 is 1.67 bits per heavy atom. The fourth-order valence-electron chi connectivity index (χ4n) is 4.26. The van der Waals surface area contributed by atoms with E-state index in [4.69, 9.17) is 4.74 Å². The Bertz CT molecular complexity index is 1470. The van der Waals surface area contributed by atoms with Crippen LogP contribution in [0.1, 0.15) is 42.5 Å². The Labute approximate surface area is 235 Å². The maximum Gasteiger partial charge on any atom is 0.301 e. The molecule has 2 heterocycles. The maximum atomic E-state index is 13.4. The molecule has 5 rings (SSSR count). The molecule has 1 aliphatic rings. The third-order valence-corrected chi connectivity index (χ3v) is 8.39. The maximum absolute atomic E-state index is 13.4. The average molecular weight is 558 g/mol. The van der Waals surface area contributed by atoms with Crippen molar-refractivity contribution in [1.29, 1.82) is 0 Å².